The summed E-state index contributed by atoms with van der Waals surface area (Å²) in [6.45, 7) is 15.3. The number of aliphatic imine (C=N–C) groups is 2. The molecule has 2 N–H and O–H groups in total. The monoisotopic (exact) mass is 650 g/mol. The molecule has 0 spiro atoms. The van der Waals surface area contributed by atoms with Gasteiger partial charge in [0.05, 0.1) is 17.1 Å². The van der Waals surface area contributed by atoms with E-state index in [9.17, 15) is 10.2 Å². The summed E-state index contributed by atoms with van der Waals surface area (Å²) in [6.07, 6.45) is 11.4. The van der Waals surface area contributed by atoms with Gasteiger partial charge in [0.1, 0.15) is 0 Å². The van der Waals surface area contributed by atoms with Crippen LogP contribution < -0.4 is 0 Å². The van der Waals surface area contributed by atoms with Gasteiger partial charge in [0.2, 0.25) is 0 Å². The minimum absolute atomic E-state index is 0. The molecule has 4 aromatic rings. The van der Waals surface area contributed by atoms with Crippen molar-refractivity contribution in [1.29, 1.82) is 0 Å². The average Bonchev–Trinajstić information content (AvgIpc) is 3.05. The smallest absolute Gasteiger partial charge is 0.158 e. The van der Waals surface area contributed by atoms with Crippen LogP contribution in [0.3, 0.4) is 0 Å². The molecule has 244 valence electrons. The van der Waals surface area contributed by atoms with Gasteiger partial charge >= 0.3 is 0 Å². The van der Waals surface area contributed by atoms with Gasteiger partial charge in [-0.3, -0.25) is 9.98 Å². The number of phenolic OH excluding ortho intramolecular Hbond substituents is 2. The Kier molecular flexibility index (Phi) is 16.1. The normalized spacial score (nSPS) is 11.4. The maximum absolute atomic E-state index is 9.51. The molecule has 0 unspecified atom stereocenters. The molecule has 5 heteroatoms. The summed E-state index contributed by atoms with van der Waals surface area (Å²) in [5.41, 5.74) is 11.2. The van der Waals surface area contributed by atoms with Crippen LogP contribution >= 0.6 is 0 Å². The van der Waals surface area contributed by atoms with E-state index in [1.807, 2.05) is 6.21 Å². The van der Waals surface area contributed by atoms with Gasteiger partial charge in [-0.15, -0.1) is 0 Å². The first kappa shape index (κ1) is 37.8. The number of rotatable bonds is 12. The first-order chi connectivity index (χ1) is 21.3. The van der Waals surface area contributed by atoms with Crippen LogP contribution in [0.2, 0.25) is 0 Å². The molecule has 0 aliphatic rings. The average molecular weight is 652 g/mol. The zero-order valence-corrected chi connectivity index (χ0v) is 29.3. The molecule has 0 atom stereocenters. The van der Waals surface area contributed by atoms with Gasteiger partial charge in [0.25, 0.3) is 0 Å². The van der Waals surface area contributed by atoms with Crippen molar-refractivity contribution in [3.05, 3.63) is 94.0 Å². The molecule has 0 heterocycles. The van der Waals surface area contributed by atoms with E-state index in [1.165, 1.54) is 33.4 Å². The molecular formula is C40H52N2NiO2. The maximum Gasteiger partial charge on any atom is 0.158 e. The van der Waals surface area contributed by atoms with E-state index < -0.39 is 0 Å². The van der Waals surface area contributed by atoms with E-state index in [1.54, 1.807) is 12.1 Å². The fraction of sp³-hybridized carbons (Fsp3) is 0.400. The van der Waals surface area contributed by atoms with Crippen LogP contribution in [0.4, 0.5) is 11.4 Å². The summed E-state index contributed by atoms with van der Waals surface area (Å²) in [5.74, 6) is -0.103. The summed E-state index contributed by atoms with van der Waals surface area (Å²) >= 11 is 0. The zero-order valence-electron chi connectivity index (χ0n) is 28.3. The van der Waals surface area contributed by atoms with Gasteiger partial charge in [0, 0.05) is 22.7 Å². The standard InChI is InChI=1S/C26H36N2.C14H16O2.Ni/c1-6-11-12-26(28-25-16-14-21(8-3)23(10-5)18-25)19-27-24-15-13-20(7-2)22(9-4)17-24;1-3-9-5-10(4-2)12-8-14(16)13(15)7-11(12)6-9;/h13-19H,6-12H2,1-5H3;5-8,15-16H,3-4H2,1-2H3;. The maximum atomic E-state index is 9.51. The first-order valence-electron chi connectivity index (χ1n) is 16.6. The number of hydrogen-bond donors (Lipinski definition) is 2. The van der Waals surface area contributed by atoms with Crippen molar-refractivity contribution in [2.75, 3.05) is 0 Å². The van der Waals surface area contributed by atoms with Gasteiger partial charge in [-0.05, 0) is 132 Å². The van der Waals surface area contributed by atoms with Crippen LogP contribution in [0.5, 0.6) is 11.5 Å². The topological polar surface area (TPSA) is 65.2 Å². The molecule has 0 aromatic heterocycles. The number of fused-ring (bicyclic) bond motifs is 1. The van der Waals surface area contributed by atoms with Crippen molar-refractivity contribution in [1.82, 2.24) is 0 Å². The van der Waals surface area contributed by atoms with E-state index in [0.29, 0.717) is 0 Å². The van der Waals surface area contributed by atoms with E-state index >= 15 is 0 Å². The summed E-state index contributed by atoms with van der Waals surface area (Å²) in [4.78, 5) is 9.70. The van der Waals surface area contributed by atoms with Gasteiger partial charge in [-0.2, -0.15) is 0 Å². The van der Waals surface area contributed by atoms with Gasteiger partial charge < -0.3 is 10.2 Å². The molecular weight excluding hydrogens is 599 g/mol. The minimum atomic E-state index is -0.0530. The van der Waals surface area contributed by atoms with E-state index in [0.717, 1.165) is 85.6 Å². The van der Waals surface area contributed by atoms with E-state index in [4.69, 9.17) is 9.98 Å². The van der Waals surface area contributed by atoms with Gasteiger partial charge in [-0.25, -0.2) is 0 Å². The van der Waals surface area contributed by atoms with Crippen molar-refractivity contribution in [3.63, 3.8) is 0 Å². The van der Waals surface area contributed by atoms with Crippen LogP contribution in [0, 0.1) is 0 Å². The third-order valence-electron chi connectivity index (χ3n) is 8.31. The molecule has 4 rings (SSSR count). The SMILES string of the molecule is CCCCC(C=Nc1ccc(CC)c(CC)c1)=Nc1ccc(CC)c(CC)c1.CCc1cc(CC)c2cc(O)c(O)cc2c1.[Ni]. The fourth-order valence-corrected chi connectivity index (χ4v) is 5.57. The number of phenols is 2. The molecule has 4 aromatic carbocycles. The molecule has 0 saturated carbocycles. The predicted molar refractivity (Wildman–Crippen MR) is 191 cm³/mol. The van der Waals surface area contributed by atoms with Crippen molar-refractivity contribution < 1.29 is 26.7 Å². The minimum Gasteiger partial charge on any atom is -0.504 e. The Labute approximate surface area is 281 Å². The van der Waals surface area contributed by atoms with Gasteiger partial charge in [0.15, 0.2) is 11.5 Å². The molecule has 0 aliphatic carbocycles. The van der Waals surface area contributed by atoms with Crippen molar-refractivity contribution in [2.24, 2.45) is 9.98 Å². The molecule has 0 saturated heterocycles. The van der Waals surface area contributed by atoms with Crippen LogP contribution in [0.25, 0.3) is 10.8 Å². The molecule has 0 aliphatic heterocycles. The summed E-state index contributed by atoms with van der Waals surface area (Å²) in [7, 11) is 0. The molecule has 0 radical (unpaired) electrons. The summed E-state index contributed by atoms with van der Waals surface area (Å²) in [5, 5.41) is 21.0. The summed E-state index contributed by atoms with van der Waals surface area (Å²) in [6, 6.07) is 20.7. The molecule has 4 nitrogen and oxygen atoms in total. The number of unbranched alkanes of at least 4 members (excludes halogenated alkanes) is 1. The van der Waals surface area contributed by atoms with Crippen LogP contribution in [-0.4, -0.2) is 22.1 Å². The molecule has 45 heavy (non-hydrogen) atoms. The van der Waals surface area contributed by atoms with Crippen LogP contribution in [0.1, 0.15) is 101 Å². The second-order valence-corrected chi connectivity index (χ2v) is 11.3. The number of aromatic hydroxyl groups is 2. The third kappa shape index (κ3) is 10.6. The van der Waals surface area contributed by atoms with Crippen molar-refractivity contribution in [3.8, 4) is 11.5 Å². The largest absolute Gasteiger partial charge is 0.504 e. The summed E-state index contributed by atoms with van der Waals surface area (Å²) < 4.78 is 0. The number of nitrogens with zero attached hydrogens (tertiary/aromatic N) is 2. The van der Waals surface area contributed by atoms with Crippen LogP contribution in [-0.2, 0) is 55.0 Å². The fourth-order valence-electron chi connectivity index (χ4n) is 5.57. The van der Waals surface area contributed by atoms with Gasteiger partial charge in [-0.1, -0.05) is 79.2 Å². The Morgan fingerprint density at radius 1 is 0.600 bits per heavy atom. The van der Waals surface area contributed by atoms with Crippen molar-refractivity contribution >= 4 is 34.1 Å². The number of hydrogen-bond acceptors (Lipinski definition) is 4. The Morgan fingerprint density at radius 2 is 1.16 bits per heavy atom. The number of benzene rings is 4. The quantitative estimate of drug-likeness (QED) is 0.0910. The van der Waals surface area contributed by atoms with E-state index in [-0.39, 0.29) is 28.0 Å². The first-order valence-corrected chi connectivity index (χ1v) is 16.6. The Hall–Kier alpha value is -3.43. The predicted octanol–water partition coefficient (Wildman–Crippen LogP) is 11.0. The number of aryl methyl sites for hydroxylation is 6. The molecule has 0 fully saturated rings. The zero-order chi connectivity index (χ0) is 32.1. The second kappa shape index (κ2) is 19.2. The second-order valence-electron chi connectivity index (χ2n) is 11.3. The Bertz CT molecular complexity index is 1590. The Morgan fingerprint density at radius 3 is 1.71 bits per heavy atom. The Balaban J connectivity index is 0.000000351. The third-order valence-corrected chi connectivity index (χ3v) is 8.31. The van der Waals surface area contributed by atoms with Crippen LogP contribution in [0.15, 0.2) is 70.6 Å². The van der Waals surface area contributed by atoms with Crippen molar-refractivity contribution in [2.45, 2.75) is 106 Å². The molecule has 0 amide bonds. The van der Waals surface area contributed by atoms with E-state index in [2.05, 4.69) is 97.0 Å². The molecule has 0 bridgehead atoms.